The second-order valence-corrected chi connectivity index (χ2v) is 10.6. The Morgan fingerprint density at radius 1 is 1.00 bits per heavy atom. The van der Waals surface area contributed by atoms with Gasteiger partial charge in [-0.1, -0.05) is 24.6 Å². The van der Waals surface area contributed by atoms with Gasteiger partial charge < -0.3 is 10.1 Å². The fraction of sp³-hybridized carbons (Fsp3) is 0.478. The Bertz CT molecular complexity index is 1100. The lowest BCUT2D eigenvalue weighted by molar-refractivity contribution is -0.154. The molecule has 3 aliphatic rings. The van der Waals surface area contributed by atoms with E-state index in [-0.39, 0.29) is 10.6 Å². The Morgan fingerprint density at radius 3 is 2.29 bits per heavy atom. The predicted molar refractivity (Wildman–Crippen MR) is 121 cm³/mol. The van der Waals surface area contributed by atoms with E-state index < -0.39 is 58.7 Å². The quantitative estimate of drug-likeness (QED) is 0.347. The fourth-order valence-electron chi connectivity index (χ4n) is 4.53. The normalized spacial score (nSPS) is 23.0. The zero-order valence-corrected chi connectivity index (χ0v) is 19.5. The second-order valence-electron chi connectivity index (χ2n) is 8.62. The largest absolute Gasteiger partial charge is 0.454 e. The molecule has 0 radical (unpaired) electrons. The van der Waals surface area contributed by atoms with Gasteiger partial charge in [0.15, 0.2) is 6.61 Å². The van der Waals surface area contributed by atoms with Gasteiger partial charge in [0.25, 0.3) is 5.91 Å². The number of likely N-dealkylation sites (tertiary alicyclic amines) is 1. The van der Waals surface area contributed by atoms with Crippen LogP contribution < -0.4 is 5.32 Å². The maximum absolute atomic E-state index is 12.8. The first kappa shape index (κ1) is 24.1. The van der Waals surface area contributed by atoms with Crippen molar-refractivity contribution >= 4 is 39.4 Å². The van der Waals surface area contributed by atoms with Gasteiger partial charge in [-0.2, -0.15) is 4.31 Å². The van der Waals surface area contributed by atoms with Gasteiger partial charge in [0.05, 0.1) is 16.7 Å². The number of amides is 3. The smallest absolute Gasteiger partial charge is 0.326 e. The van der Waals surface area contributed by atoms with Gasteiger partial charge in [0.1, 0.15) is 6.54 Å². The van der Waals surface area contributed by atoms with Gasteiger partial charge in [-0.3, -0.25) is 24.1 Å². The molecule has 2 atom stereocenters. The third-order valence-electron chi connectivity index (χ3n) is 6.32. The van der Waals surface area contributed by atoms with Crippen LogP contribution in [0.1, 0.15) is 32.1 Å². The summed E-state index contributed by atoms with van der Waals surface area (Å²) in [5.74, 6) is -3.22. The van der Waals surface area contributed by atoms with Crippen LogP contribution in [0.2, 0.25) is 0 Å². The summed E-state index contributed by atoms with van der Waals surface area (Å²) in [5, 5.41) is 2.51. The van der Waals surface area contributed by atoms with Gasteiger partial charge in [0, 0.05) is 18.8 Å². The van der Waals surface area contributed by atoms with Crippen molar-refractivity contribution in [2.45, 2.75) is 37.0 Å². The van der Waals surface area contributed by atoms with Gasteiger partial charge in [0.2, 0.25) is 21.8 Å². The number of nitrogens with one attached hydrogen (secondary N) is 1. The monoisotopic (exact) mass is 489 g/mol. The number of allylic oxidation sites excluding steroid dienone is 2. The molecule has 11 heteroatoms. The number of esters is 1. The number of carbonyl (C=O) groups is 4. The van der Waals surface area contributed by atoms with Crippen LogP contribution >= 0.6 is 0 Å². The lowest BCUT2D eigenvalue weighted by Crippen LogP contribution is -2.37. The maximum atomic E-state index is 12.8. The van der Waals surface area contributed by atoms with E-state index in [0.29, 0.717) is 25.9 Å². The number of carbonyl (C=O) groups excluding carboxylic acids is 4. The van der Waals surface area contributed by atoms with Crippen LogP contribution in [0, 0.1) is 11.8 Å². The summed E-state index contributed by atoms with van der Waals surface area (Å²) in [6.45, 7) is -0.238. The summed E-state index contributed by atoms with van der Waals surface area (Å²) < 4.78 is 32.0. The number of imide groups is 1. The summed E-state index contributed by atoms with van der Waals surface area (Å²) in [4.78, 5) is 50.2. The Morgan fingerprint density at radius 2 is 1.65 bits per heavy atom. The molecule has 182 valence electrons. The molecular formula is C23H27N3O7S. The van der Waals surface area contributed by atoms with Crippen molar-refractivity contribution in [1.82, 2.24) is 9.21 Å². The Hall–Kier alpha value is -3.05. The number of nitrogens with zero attached hydrogens (tertiary/aromatic N) is 2. The first-order valence-electron chi connectivity index (χ1n) is 11.3. The van der Waals surface area contributed by atoms with Crippen LogP contribution in [0.3, 0.4) is 0 Å². The average molecular weight is 490 g/mol. The molecule has 0 bridgehead atoms. The van der Waals surface area contributed by atoms with E-state index >= 15 is 0 Å². The van der Waals surface area contributed by atoms with Crippen molar-refractivity contribution < 1.29 is 32.3 Å². The van der Waals surface area contributed by atoms with Crippen LogP contribution in [-0.2, 0) is 33.9 Å². The van der Waals surface area contributed by atoms with Crippen LogP contribution in [0.25, 0.3) is 0 Å². The molecular weight excluding hydrogens is 462 g/mol. The molecule has 2 fully saturated rings. The SMILES string of the molecule is O=C(COC(=O)CN1C(=O)[C@@H]2CC=CC[C@H]2C1=O)Nc1cccc(S(=O)(=O)N2CCCCC2)c1. The van der Waals surface area contributed by atoms with Crippen molar-refractivity contribution in [3.05, 3.63) is 36.4 Å². The molecule has 0 spiro atoms. The fourth-order valence-corrected chi connectivity index (χ4v) is 6.09. The third kappa shape index (κ3) is 5.05. The van der Waals surface area contributed by atoms with E-state index in [1.165, 1.54) is 28.6 Å². The topological polar surface area (TPSA) is 130 Å². The number of benzene rings is 1. The van der Waals surface area contributed by atoms with Gasteiger partial charge in [-0.05, 0) is 43.9 Å². The van der Waals surface area contributed by atoms with Crippen molar-refractivity contribution in [3.63, 3.8) is 0 Å². The van der Waals surface area contributed by atoms with Crippen LogP contribution in [-0.4, -0.2) is 67.6 Å². The molecule has 1 aliphatic carbocycles. The van der Waals surface area contributed by atoms with Crippen LogP contribution in [0.5, 0.6) is 0 Å². The number of sulfonamides is 1. The number of hydrogen-bond acceptors (Lipinski definition) is 7. The molecule has 2 heterocycles. The Labute approximate surface area is 198 Å². The highest BCUT2D eigenvalue weighted by Gasteiger charge is 2.47. The average Bonchev–Trinajstić information content (AvgIpc) is 3.08. The third-order valence-corrected chi connectivity index (χ3v) is 8.22. The molecule has 4 rings (SSSR count). The second kappa shape index (κ2) is 10.1. The molecule has 1 aromatic rings. The lowest BCUT2D eigenvalue weighted by atomic mass is 9.85. The number of fused-ring (bicyclic) bond motifs is 1. The first-order chi connectivity index (χ1) is 16.3. The number of ether oxygens (including phenoxy) is 1. The van der Waals surface area contributed by atoms with Crippen molar-refractivity contribution in [1.29, 1.82) is 0 Å². The minimum absolute atomic E-state index is 0.0752. The molecule has 0 saturated carbocycles. The number of anilines is 1. The minimum Gasteiger partial charge on any atom is -0.454 e. The van der Waals surface area contributed by atoms with E-state index in [9.17, 15) is 27.6 Å². The first-order valence-corrected chi connectivity index (χ1v) is 12.8. The van der Waals surface area contributed by atoms with E-state index in [0.717, 1.165) is 24.2 Å². The standard InChI is InChI=1S/C23H27N3O7S/c27-20(15-33-21(28)14-26-22(29)18-9-2-3-10-19(18)23(26)30)24-16-7-6-8-17(13-16)34(31,32)25-11-4-1-5-12-25/h2-3,6-8,13,18-19H,1,4-5,9-12,14-15H2,(H,24,27)/t18-,19-/m1/s1. The predicted octanol–water partition coefficient (Wildman–Crippen LogP) is 1.29. The summed E-state index contributed by atoms with van der Waals surface area (Å²) in [6, 6.07) is 5.89. The summed E-state index contributed by atoms with van der Waals surface area (Å²) in [6.07, 6.45) is 7.27. The molecule has 0 unspecified atom stereocenters. The molecule has 10 nitrogen and oxygen atoms in total. The molecule has 1 aromatic carbocycles. The highest BCUT2D eigenvalue weighted by Crippen LogP contribution is 2.34. The van der Waals surface area contributed by atoms with Crippen molar-refractivity contribution in [3.8, 4) is 0 Å². The molecule has 3 amide bonds. The zero-order chi connectivity index (χ0) is 24.3. The zero-order valence-electron chi connectivity index (χ0n) is 18.6. The molecule has 34 heavy (non-hydrogen) atoms. The van der Waals surface area contributed by atoms with Crippen LogP contribution in [0.15, 0.2) is 41.3 Å². The lowest BCUT2D eigenvalue weighted by Gasteiger charge is -2.26. The van der Waals surface area contributed by atoms with Gasteiger partial charge in [-0.15, -0.1) is 0 Å². The van der Waals surface area contributed by atoms with E-state index in [1.54, 1.807) is 0 Å². The number of hydrogen-bond donors (Lipinski definition) is 1. The number of piperidine rings is 1. The van der Waals surface area contributed by atoms with E-state index in [1.807, 2.05) is 12.2 Å². The summed E-state index contributed by atoms with van der Waals surface area (Å²) in [5.41, 5.74) is 0.251. The van der Waals surface area contributed by atoms with E-state index in [2.05, 4.69) is 5.32 Å². The summed E-state index contributed by atoms with van der Waals surface area (Å²) >= 11 is 0. The number of rotatable bonds is 7. The van der Waals surface area contributed by atoms with Gasteiger partial charge in [-0.25, -0.2) is 8.42 Å². The van der Waals surface area contributed by atoms with Crippen LogP contribution in [0.4, 0.5) is 5.69 Å². The highest BCUT2D eigenvalue weighted by atomic mass is 32.2. The Balaban J connectivity index is 1.30. The molecule has 2 aliphatic heterocycles. The summed E-state index contributed by atoms with van der Waals surface area (Å²) in [7, 11) is -3.66. The Kier molecular flexibility index (Phi) is 7.13. The maximum Gasteiger partial charge on any atom is 0.326 e. The molecule has 1 N–H and O–H groups in total. The van der Waals surface area contributed by atoms with Crippen molar-refractivity contribution in [2.24, 2.45) is 11.8 Å². The van der Waals surface area contributed by atoms with E-state index in [4.69, 9.17) is 4.74 Å². The van der Waals surface area contributed by atoms with Gasteiger partial charge >= 0.3 is 5.97 Å². The van der Waals surface area contributed by atoms with Crippen molar-refractivity contribution in [2.75, 3.05) is 31.6 Å². The molecule has 2 saturated heterocycles. The minimum atomic E-state index is -3.66. The highest BCUT2D eigenvalue weighted by molar-refractivity contribution is 7.89. The molecule has 0 aromatic heterocycles.